The van der Waals surface area contributed by atoms with E-state index in [-0.39, 0.29) is 11.8 Å². The Hall–Kier alpha value is -2.76. The SMILES string of the molecule is Cc1cc(C(=O)N2CCN(C(=O)CCCOc3ccccc3)CC2)c(C)[nH]1. The molecule has 6 nitrogen and oxygen atoms in total. The molecular formula is C21H27N3O3. The van der Waals surface area contributed by atoms with E-state index in [1.54, 1.807) is 0 Å². The summed E-state index contributed by atoms with van der Waals surface area (Å²) in [6.45, 7) is 6.72. The number of amides is 2. The molecule has 0 spiro atoms. The Balaban J connectivity index is 1.40. The molecule has 0 aliphatic carbocycles. The van der Waals surface area contributed by atoms with Gasteiger partial charge in [-0.15, -0.1) is 0 Å². The maximum atomic E-state index is 12.6. The fraction of sp³-hybridized carbons (Fsp3) is 0.429. The minimum Gasteiger partial charge on any atom is -0.494 e. The first-order valence-electron chi connectivity index (χ1n) is 9.45. The van der Waals surface area contributed by atoms with Crippen LogP contribution in [0.25, 0.3) is 0 Å². The number of aromatic nitrogens is 1. The third-order valence-corrected chi connectivity index (χ3v) is 4.85. The first kappa shape index (κ1) is 19.0. The summed E-state index contributed by atoms with van der Waals surface area (Å²) < 4.78 is 5.63. The van der Waals surface area contributed by atoms with Gasteiger partial charge >= 0.3 is 0 Å². The van der Waals surface area contributed by atoms with Gasteiger partial charge in [0.2, 0.25) is 5.91 Å². The molecule has 0 saturated carbocycles. The van der Waals surface area contributed by atoms with Crippen molar-refractivity contribution >= 4 is 11.8 Å². The van der Waals surface area contributed by atoms with Crippen LogP contribution in [0.4, 0.5) is 0 Å². The standard InChI is InChI=1S/C21H27N3O3/c1-16-15-19(17(2)22-16)21(26)24-12-10-23(11-13-24)20(25)9-6-14-27-18-7-4-3-5-8-18/h3-5,7-8,15,22H,6,9-14H2,1-2H3. The van der Waals surface area contributed by atoms with Crippen molar-refractivity contribution in [3.05, 3.63) is 53.3 Å². The van der Waals surface area contributed by atoms with Gasteiger partial charge in [-0.2, -0.15) is 0 Å². The average Bonchev–Trinajstić information content (AvgIpc) is 3.03. The molecule has 0 unspecified atom stereocenters. The summed E-state index contributed by atoms with van der Waals surface area (Å²) in [6.07, 6.45) is 1.16. The monoisotopic (exact) mass is 369 g/mol. The van der Waals surface area contributed by atoms with Crippen molar-refractivity contribution in [2.45, 2.75) is 26.7 Å². The van der Waals surface area contributed by atoms with Crippen LogP contribution in [0, 0.1) is 13.8 Å². The number of nitrogens with zero attached hydrogens (tertiary/aromatic N) is 2. The first-order chi connectivity index (χ1) is 13.0. The van der Waals surface area contributed by atoms with E-state index in [2.05, 4.69) is 4.98 Å². The van der Waals surface area contributed by atoms with Crippen LogP contribution >= 0.6 is 0 Å². The molecule has 1 N–H and O–H groups in total. The molecule has 1 fully saturated rings. The van der Waals surface area contributed by atoms with Crippen LogP contribution in [0.1, 0.15) is 34.6 Å². The number of H-pyrrole nitrogens is 1. The second kappa shape index (κ2) is 8.75. The largest absolute Gasteiger partial charge is 0.494 e. The molecule has 2 amide bonds. The lowest BCUT2D eigenvalue weighted by Crippen LogP contribution is -2.50. The van der Waals surface area contributed by atoms with E-state index in [1.165, 1.54) is 0 Å². The van der Waals surface area contributed by atoms with Crippen LogP contribution < -0.4 is 4.74 Å². The second-order valence-corrected chi connectivity index (χ2v) is 6.93. The molecule has 2 heterocycles. The number of hydrogen-bond acceptors (Lipinski definition) is 3. The van der Waals surface area contributed by atoms with Crippen molar-refractivity contribution in [1.29, 1.82) is 0 Å². The number of piperazine rings is 1. The van der Waals surface area contributed by atoms with Gasteiger partial charge in [0.05, 0.1) is 12.2 Å². The van der Waals surface area contributed by atoms with Crippen LogP contribution in [0.3, 0.4) is 0 Å². The lowest BCUT2D eigenvalue weighted by atomic mass is 10.2. The Morgan fingerprint density at radius 3 is 2.33 bits per heavy atom. The average molecular weight is 369 g/mol. The summed E-state index contributed by atoms with van der Waals surface area (Å²) in [7, 11) is 0. The van der Waals surface area contributed by atoms with Gasteiger partial charge in [-0.1, -0.05) is 18.2 Å². The summed E-state index contributed by atoms with van der Waals surface area (Å²) in [6, 6.07) is 11.5. The number of carbonyl (C=O) groups is 2. The number of para-hydroxylation sites is 1. The van der Waals surface area contributed by atoms with Gasteiger partial charge in [-0.05, 0) is 38.5 Å². The molecule has 1 aliphatic heterocycles. The van der Waals surface area contributed by atoms with Gasteiger partial charge in [-0.3, -0.25) is 9.59 Å². The third kappa shape index (κ3) is 4.90. The zero-order chi connectivity index (χ0) is 19.2. The highest BCUT2D eigenvalue weighted by Gasteiger charge is 2.25. The molecular weight excluding hydrogens is 342 g/mol. The van der Waals surface area contributed by atoms with E-state index in [9.17, 15) is 9.59 Å². The lowest BCUT2D eigenvalue weighted by Gasteiger charge is -2.34. The predicted octanol–water partition coefficient (Wildman–Crippen LogP) is 2.78. The molecule has 1 saturated heterocycles. The number of nitrogens with one attached hydrogen (secondary N) is 1. The van der Waals surface area contributed by atoms with Gasteiger partial charge in [0.15, 0.2) is 0 Å². The minimum atomic E-state index is 0.0419. The summed E-state index contributed by atoms with van der Waals surface area (Å²) in [5, 5.41) is 0. The Morgan fingerprint density at radius 2 is 1.70 bits per heavy atom. The number of carbonyl (C=O) groups excluding carboxylic acids is 2. The summed E-state index contributed by atoms with van der Waals surface area (Å²) in [5.74, 6) is 1.00. The highest BCUT2D eigenvalue weighted by atomic mass is 16.5. The first-order valence-corrected chi connectivity index (χ1v) is 9.45. The number of rotatable bonds is 6. The van der Waals surface area contributed by atoms with Gasteiger partial charge in [0.1, 0.15) is 5.75 Å². The molecule has 0 atom stereocenters. The highest BCUT2D eigenvalue weighted by Crippen LogP contribution is 2.15. The molecule has 144 valence electrons. The van der Waals surface area contributed by atoms with Gasteiger partial charge in [-0.25, -0.2) is 0 Å². The number of ether oxygens (including phenoxy) is 1. The Morgan fingerprint density at radius 1 is 1.04 bits per heavy atom. The Labute approximate surface area is 160 Å². The van der Waals surface area contributed by atoms with E-state index < -0.39 is 0 Å². The molecule has 1 aromatic heterocycles. The van der Waals surface area contributed by atoms with Crippen LogP contribution in [-0.4, -0.2) is 59.4 Å². The number of aryl methyl sites for hydroxylation is 2. The topological polar surface area (TPSA) is 65.6 Å². The van der Waals surface area contributed by atoms with E-state index >= 15 is 0 Å². The molecule has 2 aromatic rings. The quantitative estimate of drug-likeness (QED) is 0.797. The van der Waals surface area contributed by atoms with E-state index in [4.69, 9.17) is 4.74 Å². The third-order valence-electron chi connectivity index (χ3n) is 4.85. The zero-order valence-electron chi connectivity index (χ0n) is 16.0. The van der Waals surface area contributed by atoms with Crippen LogP contribution in [0.2, 0.25) is 0 Å². The van der Waals surface area contributed by atoms with Crippen LogP contribution in [0.15, 0.2) is 36.4 Å². The Kier molecular flexibility index (Phi) is 6.16. The van der Waals surface area contributed by atoms with Crippen molar-refractivity contribution in [2.24, 2.45) is 0 Å². The normalized spacial score (nSPS) is 14.3. The maximum absolute atomic E-state index is 12.6. The van der Waals surface area contributed by atoms with Crippen molar-refractivity contribution in [1.82, 2.24) is 14.8 Å². The molecule has 0 radical (unpaired) electrons. The van der Waals surface area contributed by atoms with Crippen molar-refractivity contribution in [2.75, 3.05) is 32.8 Å². The zero-order valence-corrected chi connectivity index (χ0v) is 16.0. The summed E-state index contributed by atoms with van der Waals surface area (Å²) >= 11 is 0. The lowest BCUT2D eigenvalue weighted by molar-refractivity contribution is -0.132. The van der Waals surface area contributed by atoms with Gasteiger partial charge < -0.3 is 19.5 Å². The number of benzene rings is 1. The van der Waals surface area contributed by atoms with E-state index in [0.717, 1.165) is 22.7 Å². The molecule has 0 bridgehead atoms. The molecule has 1 aliphatic rings. The van der Waals surface area contributed by atoms with Crippen molar-refractivity contribution in [3.63, 3.8) is 0 Å². The number of hydrogen-bond donors (Lipinski definition) is 1. The van der Waals surface area contributed by atoms with Crippen LogP contribution in [-0.2, 0) is 4.79 Å². The highest BCUT2D eigenvalue weighted by molar-refractivity contribution is 5.95. The summed E-state index contributed by atoms with van der Waals surface area (Å²) in [4.78, 5) is 31.9. The van der Waals surface area contributed by atoms with Crippen molar-refractivity contribution < 1.29 is 14.3 Å². The minimum absolute atomic E-state index is 0.0419. The molecule has 27 heavy (non-hydrogen) atoms. The molecule has 3 rings (SSSR count). The van der Waals surface area contributed by atoms with Crippen molar-refractivity contribution in [3.8, 4) is 5.75 Å². The Bertz CT molecular complexity index is 777. The van der Waals surface area contributed by atoms with E-state index in [1.807, 2.05) is 60.0 Å². The second-order valence-electron chi connectivity index (χ2n) is 6.93. The van der Waals surface area contributed by atoms with E-state index in [0.29, 0.717) is 45.6 Å². The fourth-order valence-electron chi connectivity index (χ4n) is 3.36. The van der Waals surface area contributed by atoms with Crippen LogP contribution in [0.5, 0.6) is 5.75 Å². The molecule has 1 aromatic carbocycles. The smallest absolute Gasteiger partial charge is 0.255 e. The molecule has 6 heteroatoms. The maximum Gasteiger partial charge on any atom is 0.255 e. The van der Waals surface area contributed by atoms with Gasteiger partial charge in [0, 0.05) is 44.0 Å². The van der Waals surface area contributed by atoms with Gasteiger partial charge in [0.25, 0.3) is 5.91 Å². The number of aromatic amines is 1. The fourth-order valence-corrected chi connectivity index (χ4v) is 3.36. The summed E-state index contributed by atoms with van der Waals surface area (Å²) in [5.41, 5.74) is 2.61. The predicted molar refractivity (Wildman–Crippen MR) is 104 cm³/mol.